The van der Waals surface area contributed by atoms with Crippen LogP contribution >= 0.6 is 31.9 Å². The summed E-state index contributed by atoms with van der Waals surface area (Å²) in [4.78, 5) is 11.0. The van der Waals surface area contributed by atoms with E-state index in [2.05, 4.69) is 31.9 Å². The van der Waals surface area contributed by atoms with Crippen molar-refractivity contribution in [3.05, 3.63) is 67.9 Å². The third-order valence-electron chi connectivity index (χ3n) is 2.60. The number of carbonyl (C=O) groups is 1. The van der Waals surface area contributed by atoms with Crippen LogP contribution in [0.3, 0.4) is 0 Å². The molecule has 22 heavy (non-hydrogen) atoms. The highest BCUT2D eigenvalue weighted by Crippen LogP contribution is 2.23. The normalized spacial score (nSPS) is 11.5. The average Bonchev–Trinajstić information content (AvgIpc) is 2.48. The lowest BCUT2D eigenvalue weighted by Crippen LogP contribution is -2.06. The summed E-state index contributed by atoms with van der Waals surface area (Å²) >= 11 is 6.50. The van der Waals surface area contributed by atoms with Gasteiger partial charge in [0, 0.05) is 8.95 Å². The van der Waals surface area contributed by atoms with Gasteiger partial charge in [0.25, 0.3) is 0 Å². The van der Waals surface area contributed by atoms with Crippen molar-refractivity contribution >= 4 is 54.3 Å². The molecule has 0 saturated heterocycles. The van der Waals surface area contributed by atoms with Crippen LogP contribution in [0.4, 0.5) is 0 Å². The Morgan fingerprint density at radius 2 is 1.59 bits per heavy atom. The summed E-state index contributed by atoms with van der Waals surface area (Å²) in [5.41, 5.74) is 0.858. The zero-order chi connectivity index (χ0) is 16.2. The van der Waals surface area contributed by atoms with Crippen LogP contribution in [0, 0.1) is 0 Å². The molecule has 0 radical (unpaired) electrons. The fraction of sp³-hybridized carbons (Fsp3) is 0. The van der Waals surface area contributed by atoms with Crippen molar-refractivity contribution in [3.8, 4) is 5.75 Å². The van der Waals surface area contributed by atoms with Gasteiger partial charge >= 0.3 is 10.1 Å². The molecular formula is C15H10Br2O4S. The Kier molecular flexibility index (Phi) is 5.55. The summed E-state index contributed by atoms with van der Waals surface area (Å²) in [6, 6.07) is 11.6. The predicted octanol–water partition coefficient (Wildman–Crippen LogP) is 4.40. The van der Waals surface area contributed by atoms with E-state index >= 15 is 0 Å². The standard InChI is InChI=1S/C15H10Br2O4S/c16-13-3-1-11(2-4-13)7-8-22(19,20)21-15-6-5-14(17)9-12(15)10-18/h1-10H/b8-7+. The minimum atomic E-state index is -3.95. The molecule has 2 aromatic rings. The van der Waals surface area contributed by atoms with Gasteiger partial charge in [-0.3, -0.25) is 4.79 Å². The van der Waals surface area contributed by atoms with Gasteiger partial charge in [0.05, 0.1) is 11.0 Å². The fourth-order valence-corrected chi connectivity index (χ4v) is 3.00. The van der Waals surface area contributed by atoms with Crippen LogP contribution in [0.25, 0.3) is 6.08 Å². The van der Waals surface area contributed by atoms with E-state index in [1.54, 1.807) is 30.3 Å². The van der Waals surface area contributed by atoms with Gasteiger partial charge in [-0.05, 0) is 42.0 Å². The summed E-state index contributed by atoms with van der Waals surface area (Å²) in [7, 11) is -3.95. The lowest BCUT2D eigenvalue weighted by Gasteiger charge is -2.06. The van der Waals surface area contributed by atoms with Crippen LogP contribution in [-0.4, -0.2) is 14.7 Å². The molecule has 7 heteroatoms. The largest absolute Gasteiger partial charge is 0.379 e. The molecule has 0 heterocycles. The van der Waals surface area contributed by atoms with E-state index in [-0.39, 0.29) is 11.3 Å². The van der Waals surface area contributed by atoms with Gasteiger partial charge in [-0.15, -0.1) is 0 Å². The van der Waals surface area contributed by atoms with E-state index in [1.165, 1.54) is 18.2 Å². The molecule has 0 unspecified atom stereocenters. The molecular weight excluding hydrogens is 436 g/mol. The predicted molar refractivity (Wildman–Crippen MR) is 92.3 cm³/mol. The molecule has 0 aliphatic carbocycles. The molecule has 0 N–H and O–H groups in total. The van der Waals surface area contributed by atoms with Gasteiger partial charge in [0.15, 0.2) is 12.0 Å². The van der Waals surface area contributed by atoms with Crippen LogP contribution in [0.15, 0.2) is 56.8 Å². The molecule has 2 aromatic carbocycles. The summed E-state index contributed by atoms with van der Waals surface area (Å²) in [6.45, 7) is 0. The van der Waals surface area contributed by atoms with E-state index in [0.29, 0.717) is 16.3 Å². The topological polar surface area (TPSA) is 60.4 Å². The van der Waals surface area contributed by atoms with E-state index in [0.717, 1.165) is 9.88 Å². The molecule has 2 rings (SSSR count). The Morgan fingerprint density at radius 3 is 2.23 bits per heavy atom. The maximum absolute atomic E-state index is 11.9. The highest BCUT2D eigenvalue weighted by molar-refractivity contribution is 9.10. The monoisotopic (exact) mass is 444 g/mol. The van der Waals surface area contributed by atoms with Crippen LogP contribution < -0.4 is 4.18 Å². The lowest BCUT2D eigenvalue weighted by atomic mass is 10.2. The van der Waals surface area contributed by atoms with Crippen LogP contribution in [0.5, 0.6) is 5.75 Å². The minimum Gasteiger partial charge on any atom is -0.379 e. The average molecular weight is 446 g/mol. The summed E-state index contributed by atoms with van der Waals surface area (Å²) in [5, 5.41) is 0.951. The number of hydrogen-bond donors (Lipinski definition) is 0. The van der Waals surface area contributed by atoms with Gasteiger partial charge in [0.2, 0.25) is 0 Å². The van der Waals surface area contributed by atoms with E-state index in [9.17, 15) is 13.2 Å². The van der Waals surface area contributed by atoms with Gasteiger partial charge in [-0.2, -0.15) is 8.42 Å². The van der Waals surface area contributed by atoms with E-state index in [4.69, 9.17) is 4.18 Å². The van der Waals surface area contributed by atoms with E-state index < -0.39 is 10.1 Å². The minimum absolute atomic E-state index is 0.0151. The number of carbonyl (C=O) groups excluding carboxylic acids is 1. The highest BCUT2D eigenvalue weighted by Gasteiger charge is 2.12. The number of benzene rings is 2. The molecule has 4 nitrogen and oxygen atoms in total. The molecule has 0 aromatic heterocycles. The molecule has 0 aliphatic heterocycles. The summed E-state index contributed by atoms with van der Waals surface area (Å²) in [6.07, 6.45) is 1.95. The molecule has 0 aliphatic rings. The number of hydrogen-bond acceptors (Lipinski definition) is 4. The van der Waals surface area contributed by atoms with Crippen molar-refractivity contribution in [3.63, 3.8) is 0 Å². The maximum Gasteiger partial charge on any atom is 0.332 e. The van der Waals surface area contributed by atoms with Crippen LogP contribution in [0.1, 0.15) is 15.9 Å². The second kappa shape index (κ2) is 7.21. The molecule has 0 bridgehead atoms. The number of aldehydes is 1. The lowest BCUT2D eigenvalue weighted by molar-refractivity contribution is 0.112. The van der Waals surface area contributed by atoms with E-state index in [1.807, 2.05) is 0 Å². The SMILES string of the molecule is O=Cc1cc(Br)ccc1OS(=O)(=O)/C=C/c1ccc(Br)cc1. The smallest absolute Gasteiger partial charge is 0.332 e. The van der Waals surface area contributed by atoms with Crippen LogP contribution in [0.2, 0.25) is 0 Å². The number of rotatable bonds is 5. The Bertz CT molecular complexity index is 812. The summed E-state index contributed by atoms with van der Waals surface area (Å²) in [5.74, 6) is -0.0151. The highest BCUT2D eigenvalue weighted by atomic mass is 79.9. The Balaban J connectivity index is 2.21. The molecule has 0 amide bonds. The van der Waals surface area contributed by atoms with Crippen molar-refractivity contribution in [2.24, 2.45) is 0 Å². The first-order chi connectivity index (χ1) is 10.4. The van der Waals surface area contributed by atoms with Crippen molar-refractivity contribution in [2.75, 3.05) is 0 Å². The second-order valence-corrected chi connectivity index (χ2v) is 7.49. The Morgan fingerprint density at radius 1 is 0.955 bits per heavy atom. The Hall–Kier alpha value is -1.44. The fourth-order valence-electron chi connectivity index (χ4n) is 1.58. The van der Waals surface area contributed by atoms with Crippen molar-refractivity contribution in [1.82, 2.24) is 0 Å². The van der Waals surface area contributed by atoms with Gasteiger partial charge < -0.3 is 4.18 Å². The third kappa shape index (κ3) is 4.79. The summed E-state index contributed by atoms with van der Waals surface area (Å²) < 4.78 is 30.4. The maximum atomic E-state index is 11.9. The first-order valence-corrected chi connectivity index (χ1v) is 9.08. The Labute approximate surface area is 145 Å². The second-order valence-electron chi connectivity index (χ2n) is 4.23. The first kappa shape index (κ1) is 16.9. The molecule has 0 saturated carbocycles. The first-order valence-electron chi connectivity index (χ1n) is 6.02. The molecule has 0 atom stereocenters. The van der Waals surface area contributed by atoms with Gasteiger partial charge in [0.1, 0.15) is 0 Å². The molecule has 0 fully saturated rings. The van der Waals surface area contributed by atoms with Crippen LogP contribution in [-0.2, 0) is 10.1 Å². The zero-order valence-corrected chi connectivity index (χ0v) is 15.1. The third-order valence-corrected chi connectivity index (χ3v) is 4.51. The zero-order valence-electron chi connectivity index (χ0n) is 11.1. The number of halogens is 2. The van der Waals surface area contributed by atoms with Crippen molar-refractivity contribution < 1.29 is 17.4 Å². The quantitative estimate of drug-likeness (QED) is 0.505. The van der Waals surface area contributed by atoms with Crippen molar-refractivity contribution in [1.29, 1.82) is 0 Å². The van der Waals surface area contributed by atoms with Gasteiger partial charge in [-0.25, -0.2) is 0 Å². The molecule has 0 spiro atoms. The molecule has 114 valence electrons. The van der Waals surface area contributed by atoms with Gasteiger partial charge in [-0.1, -0.05) is 44.0 Å². The van der Waals surface area contributed by atoms with Crippen molar-refractivity contribution in [2.45, 2.75) is 0 Å².